The number of primary amides is 1. The number of hydrogen-bond donors (Lipinski definition) is 5. The highest BCUT2D eigenvalue weighted by atomic mass is 35.5. The number of piperidine rings is 1. The Balaban J connectivity index is 1.59. The zero-order valence-electron chi connectivity index (χ0n) is 23.1. The van der Waals surface area contributed by atoms with Crippen LogP contribution in [-0.4, -0.2) is 86.5 Å². The number of phenols is 1. The summed E-state index contributed by atoms with van der Waals surface area (Å²) in [5.41, 5.74) is 3.14. The smallest absolute Gasteiger partial charge is 0.255 e. The number of Topliss-reactive ketones (excluding diaryl/α,β-unsaturated/α-hetero) is 2. The molecule has 1 aromatic carbocycles. The average Bonchev–Trinajstić information content (AvgIpc) is 2.85. The molecule has 2 fully saturated rings. The molecule has 4 aliphatic rings. The van der Waals surface area contributed by atoms with Gasteiger partial charge in [0, 0.05) is 23.1 Å². The quantitative estimate of drug-likeness (QED) is 0.340. The fourth-order valence-electron chi connectivity index (χ4n) is 7.02. The van der Waals surface area contributed by atoms with Crippen LogP contribution in [0.2, 0.25) is 5.02 Å². The van der Waals surface area contributed by atoms with E-state index < -0.39 is 58.0 Å². The third-order valence-corrected chi connectivity index (χ3v) is 9.80. The lowest BCUT2D eigenvalue weighted by molar-refractivity contribution is -0.153. The molecule has 6 N–H and O–H groups in total. The average molecular weight is 574 g/mol. The summed E-state index contributed by atoms with van der Waals surface area (Å²) < 4.78 is 0. The van der Waals surface area contributed by atoms with Gasteiger partial charge >= 0.3 is 0 Å². The second-order valence-electron chi connectivity index (χ2n) is 12.6. The van der Waals surface area contributed by atoms with Crippen molar-refractivity contribution in [3.05, 3.63) is 44.7 Å². The van der Waals surface area contributed by atoms with Crippen LogP contribution in [0.15, 0.2) is 23.0 Å². The maximum absolute atomic E-state index is 13.9. The molecule has 4 atom stereocenters. The summed E-state index contributed by atoms with van der Waals surface area (Å²) in [6, 6.07) is 0.364. The predicted octanol–water partition coefficient (Wildman–Crippen LogP) is 2.24. The fourth-order valence-corrected chi connectivity index (χ4v) is 7.31. The number of aliphatic hydroxyl groups excluding tert-OH is 2. The standard InChI is InChI=1S/C29H36ClN3O7/c1-28(2)5-7-33(8-6-28)12-14-11-17(34)19-15(21(14)30)9-13-10-16-22(32(3)4)24(36)20(27(31)39)26(38)29(16,40)25(37)18(13)23(19)35/h11,13,16,22,34-35,38,40H,5-10,12H2,1-4H3,(H2,31,39)/t13-,16-,22-,29-/m0/s1. The normalized spacial score (nSPS) is 30.3. The van der Waals surface area contributed by atoms with E-state index in [2.05, 4.69) is 18.7 Å². The van der Waals surface area contributed by atoms with Crippen molar-refractivity contribution in [2.24, 2.45) is 23.0 Å². The van der Waals surface area contributed by atoms with E-state index in [-0.39, 0.29) is 35.1 Å². The van der Waals surface area contributed by atoms with Crippen LogP contribution in [0.3, 0.4) is 0 Å². The van der Waals surface area contributed by atoms with E-state index >= 15 is 0 Å². The number of likely N-dealkylation sites (N-methyl/N-ethyl adjacent to an activating group) is 1. The molecule has 5 rings (SSSR count). The second-order valence-corrected chi connectivity index (χ2v) is 13.0. The van der Waals surface area contributed by atoms with Crippen LogP contribution in [0.25, 0.3) is 5.76 Å². The maximum atomic E-state index is 13.9. The van der Waals surface area contributed by atoms with Gasteiger partial charge in [-0.1, -0.05) is 25.4 Å². The van der Waals surface area contributed by atoms with Crippen LogP contribution in [0, 0.1) is 17.3 Å². The molecule has 1 aromatic rings. The van der Waals surface area contributed by atoms with Crippen molar-refractivity contribution in [2.45, 2.75) is 57.7 Å². The summed E-state index contributed by atoms with van der Waals surface area (Å²) in [5, 5.41) is 45.4. The highest BCUT2D eigenvalue weighted by Gasteiger charge is 2.64. The molecular weight excluding hydrogens is 538 g/mol. The first kappa shape index (κ1) is 28.6. The SMILES string of the molecule is CN(C)[C@@H]1C(=O)C(C(N)=O)=C(O)[C@@]2(O)C(=O)C3=C(O)c4c(O)cc(CN5CCC(C)(C)CC5)c(Cl)c4C[C@H]3C[C@@H]12. The van der Waals surface area contributed by atoms with E-state index in [1.807, 2.05) is 0 Å². The van der Waals surface area contributed by atoms with Crippen LogP contribution >= 0.6 is 11.6 Å². The number of phenolic OH excluding ortho intramolecular Hbond substituents is 1. The Bertz CT molecular complexity index is 1390. The van der Waals surface area contributed by atoms with E-state index in [1.54, 1.807) is 14.1 Å². The third-order valence-electron chi connectivity index (χ3n) is 9.33. The molecule has 40 heavy (non-hydrogen) atoms. The van der Waals surface area contributed by atoms with Gasteiger partial charge in [-0.05, 0) is 81.4 Å². The summed E-state index contributed by atoms with van der Waals surface area (Å²) in [6.07, 6.45) is 2.26. The fraction of sp³-hybridized carbons (Fsp3) is 0.552. The van der Waals surface area contributed by atoms with Gasteiger partial charge in [-0.3, -0.25) is 24.2 Å². The molecule has 1 saturated heterocycles. The number of hydrogen-bond acceptors (Lipinski definition) is 9. The first-order valence-corrected chi connectivity index (χ1v) is 13.9. The van der Waals surface area contributed by atoms with Crippen molar-refractivity contribution in [1.82, 2.24) is 9.80 Å². The summed E-state index contributed by atoms with van der Waals surface area (Å²) in [7, 11) is 3.13. The molecule has 216 valence electrons. The molecule has 3 aliphatic carbocycles. The number of rotatable bonds is 4. The molecule has 0 unspecified atom stereocenters. The molecule has 1 aliphatic heterocycles. The first-order chi connectivity index (χ1) is 18.6. The molecule has 1 amide bonds. The monoisotopic (exact) mass is 573 g/mol. The number of carbonyl (C=O) groups is 3. The van der Waals surface area contributed by atoms with Crippen LogP contribution in [-0.2, 0) is 27.3 Å². The van der Waals surface area contributed by atoms with Gasteiger partial charge in [-0.2, -0.15) is 0 Å². The minimum Gasteiger partial charge on any atom is -0.508 e. The Kier molecular flexibility index (Phi) is 6.85. The number of nitrogens with zero attached hydrogens (tertiary/aromatic N) is 2. The molecule has 1 saturated carbocycles. The van der Waals surface area contributed by atoms with E-state index in [0.29, 0.717) is 22.7 Å². The molecule has 11 heteroatoms. The third kappa shape index (κ3) is 4.15. The van der Waals surface area contributed by atoms with Crippen molar-refractivity contribution < 1.29 is 34.8 Å². The second kappa shape index (κ2) is 9.58. The van der Waals surface area contributed by atoms with E-state index in [0.717, 1.165) is 25.9 Å². The van der Waals surface area contributed by atoms with Gasteiger partial charge in [0.25, 0.3) is 5.91 Å². The number of aliphatic hydroxyl groups is 3. The van der Waals surface area contributed by atoms with Gasteiger partial charge in [0.05, 0.1) is 11.6 Å². The Labute approximate surface area is 237 Å². The van der Waals surface area contributed by atoms with Gasteiger partial charge < -0.3 is 26.2 Å². The molecule has 10 nitrogen and oxygen atoms in total. The van der Waals surface area contributed by atoms with E-state index in [9.17, 15) is 34.8 Å². The summed E-state index contributed by atoms with van der Waals surface area (Å²) in [5.74, 6) is -6.77. The van der Waals surface area contributed by atoms with Crippen LogP contribution < -0.4 is 5.73 Å². The van der Waals surface area contributed by atoms with E-state index in [1.165, 1.54) is 11.0 Å². The van der Waals surface area contributed by atoms with Crippen LogP contribution in [0.5, 0.6) is 5.75 Å². The largest absolute Gasteiger partial charge is 0.508 e. The van der Waals surface area contributed by atoms with Crippen molar-refractivity contribution in [2.75, 3.05) is 27.2 Å². The zero-order chi connectivity index (χ0) is 29.5. The Morgan fingerprint density at radius 1 is 1.18 bits per heavy atom. The summed E-state index contributed by atoms with van der Waals surface area (Å²) >= 11 is 6.88. The number of aromatic hydroxyl groups is 1. The highest BCUT2D eigenvalue weighted by Crippen LogP contribution is 2.53. The van der Waals surface area contributed by atoms with E-state index in [4.69, 9.17) is 17.3 Å². The number of likely N-dealkylation sites (tertiary alicyclic amines) is 1. The summed E-state index contributed by atoms with van der Waals surface area (Å²) in [6.45, 7) is 6.78. The van der Waals surface area contributed by atoms with Crippen molar-refractivity contribution >= 4 is 34.8 Å². The molecule has 0 spiro atoms. The van der Waals surface area contributed by atoms with Gasteiger partial charge in [-0.15, -0.1) is 0 Å². The molecule has 0 radical (unpaired) electrons. The number of halogens is 1. The zero-order valence-corrected chi connectivity index (χ0v) is 23.9. The molecule has 0 aromatic heterocycles. The topological polar surface area (TPSA) is 165 Å². The predicted molar refractivity (Wildman–Crippen MR) is 148 cm³/mol. The maximum Gasteiger partial charge on any atom is 0.255 e. The lowest BCUT2D eigenvalue weighted by Gasteiger charge is -2.50. The number of amides is 1. The number of fused-ring (bicyclic) bond motifs is 3. The lowest BCUT2D eigenvalue weighted by Crippen LogP contribution is -2.65. The minimum atomic E-state index is -2.66. The van der Waals surface area contributed by atoms with Gasteiger partial charge in [0.1, 0.15) is 22.8 Å². The lowest BCUT2D eigenvalue weighted by atomic mass is 9.57. The number of nitrogens with two attached hydrogens (primary N) is 1. The molecular formula is C29H36ClN3O7. The highest BCUT2D eigenvalue weighted by molar-refractivity contribution is 6.32. The van der Waals surface area contributed by atoms with Gasteiger partial charge in [-0.25, -0.2) is 0 Å². The van der Waals surface area contributed by atoms with Gasteiger partial charge in [0.2, 0.25) is 5.78 Å². The minimum absolute atomic E-state index is 0.00446. The van der Waals surface area contributed by atoms with Gasteiger partial charge in [0.15, 0.2) is 11.4 Å². The Morgan fingerprint density at radius 3 is 2.38 bits per heavy atom. The number of ketones is 2. The van der Waals surface area contributed by atoms with Crippen LogP contribution in [0.1, 0.15) is 49.8 Å². The Morgan fingerprint density at radius 2 is 1.80 bits per heavy atom. The van der Waals surface area contributed by atoms with Crippen molar-refractivity contribution in [3.63, 3.8) is 0 Å². The molecule has 0 bridgehead atoms. The van der Waals surface area contributed by atoms with Crippen LogP contribution in [0.4, 0.5) is 0 Å². The van der Waals surface area contributed by atoms with Crippen molar-refractivity contribution in [1.29, 1.82) is 0 Å². The molecule has 1 heterocycles. The Hall–Kier alpha value is -2.92. The summed E-state index contributed by atoms with van der Waals surface area (Å²) in [4.78, 5) is 43.0. The number of benzene rings is 1. The first-order valence-electron chi connectivity index (χ1n) is 13.5. The number of carbonyl (C=O) groups excluding carboxylic acids is 3. The van der Waals surface area contributed by atoms with Crippen molar-refractivity contribution in [3.8, 4) is 5.75 Å².